The largest absolute Gasteiger partial charge is 0.490 e. The minimum atomic E-state index is -1.30. The van der Waals surface area contributed by atoms with E-state index in [2.05, 4.69) is 0 Å². The van der Waals surface area contributed by atoms with Crippen LogP contribution in [-0.4, -0.2) is 85.9 Å². The monoisotopic (exact) mass is 678 g/mol. The second-order valence-corrected chi connectivity index (χ2v) is 14.3. The quantitative estimate of drug-likeness (QED) is 0.284. The standard InChI is InChI=1S/C38H62O10/c1-21(2)35-26(7)32(46-29(10)39)20-38(45-13,48-35)28(9)34(41)27(8)36-30(43-11)16-14-15-22(3)17-24(5)33(40)25(6)18-23(4)19-31(44-12)37(42)47-36/h14-16,18-19,21,24-28,30,32-36,40-41H,17,20H2,1-13H3/b16-14+,22-15+,23-18+,31-19-/t24-,25+,26-,27+,28-,30+,32+,33-,34-,35+,36-,38+/m0/s1. The Kier molecular flexibility index (Phi) is 16.0. The van der Waals surface area contributed by atoms with E-state index in [0.29, 0.717) is 6.42 Å². The van der Waals surface area contributed by atoms with Crippen LogP contribution in [0.15, 0.2) is 47.3 Å². The van der Waals surface area contributed by atoms with Crippen LogP contribution in [0.25, 0.3) is 0 Å². The third kappa shape index (κ3) is 10.5. The van der Waals surface area contributed by atoms with Gasteiger partial charge in [0.15, 0.2) is 5.79 Å². The van der Waals surface area contributed by atoms with E-state index in [1.165, 1.54) is 28.3 Å². The molecule has 2 N–H and O–H groups in total. The first-order valence-electron chi connectivity index (χ1n) is 17.2. The molecule has 1 fully saturated rings. The lowest BCUT2D eigenvalue weighted by Gasteiger charge is -2.51. The van der Waals surface area contributed by atoms with Gasteiger partial charge in [-0.2, -0.15) is 0 Å². The lowest BCUT2D eigenvalue weighted by Crippen LogP contribution is -2.60. The summed E-state index contributed by atoms with van der Waals surface area (Å²) in [6, 6.07) is 0. The normalized spacial score (nSPS) is 38.6. The highest BCUT2D eigenvalue weighted by Crippen LogP contribution is 2.44. The number of rotatable bonds is 9. The van der Waals surface area contributed by atoms with Crippen LogP contribution in [0.5, 0.6) is 0 Å². The smallest absolute Gasteiger partial charge is 0.373 e. The molecule has 12 atom stereocenters. The SMILES string of the molecule is CO/C1=C\C(C)=C\[C@@H](C)[C@@H](O)[C@@H](C)C/C(C)=C/C=C/[C@@H](OC)[C@H]([C@H](C)[C@H](O)[C@H](C)[C@@]2(OC)C[C@@H](OC(C)=O)[C@H](C)[C@@H](C(C)C)O2)OC1=O. The van der Waals surface area contributed by atoms with Crippen molar-refractivity contribution in [2.45, 2.75) is 124 Å². The minimum Gasteiger partial charge on any atom is -0.490 e. The molecule has 10 nitrogen and oxygen atoms in total. The maximum atomic E-state index is 13.7. The molecule has 0 aliphatic carbocycles. The van der Waals surface area contributed by atoms with E-state index >= 15 is 0 Å². The maximum Gasteiger partial charge on any atom is 0.373 e. The summed E-state index contributed by atoms with van der Waals surface area (Å²) in [5.74, 6) is -3.98. The van der Waals surface area contributed by atoms with E-state index in [1.54, 1.807) is 19.1 Å². The minimum absolute atomic E-state index is 0.00564. The number of allylic oxidation sites excluding steroid dienone is 5. The van der Waals surface area contributed by atoms with Gasteiger partial charge in [0.2, 0.25) is 5.76 Å². The number of methoxy groups -OCH3 is 3. The molecular weight excluding hydrogens is 616 g/mol. The molecule has 0 spiro atoms. The number of hydrogen-bond acceptors (Lipinski definition) is 10. The van der Waals surface area contributed by atoms with E-state index in [9.17, 15) is 19.8 Å². The third-order valence-corrected chi connectivity index (χ3v) is 10.1. The molecule has 0 aromatic rings. The van der Waals surface area contributed by atoms with E-state index < -0.39 is 60.1 Å². The van der Waals surface area contributed by atoms with Crippen molar-refractivity contribution < 1.29 is 48.2 Å². The molecule has 2 aliphatic rings. The van der Waals surface area contributed by atoms with Crippen LogP contribution in [0, 0.1) is 35.5 Å². The fraction of sp³-hybridized carbons (Fsp3) is 0.737. The molecule has 10 heteroatoms. The van der Waals surface area contributed by atoms with Crippen LogP contribution in [0.4, 0.5) is 0 Å². The van der Waals surface area contributed by atoms with Gasteiger partial charge in [-0.15, -0.1) is 0 Å². The van der Waals surface area contributed by atoms with Gasteiger partial charge in [-0.1, -0.05) is 83.9 Å². The van der Waals surface area contributed by atoms with Crippen LogP contribution in [0.2, 0.25) is 0 Å². The van der Waals surface area contributed by atoms with Crippen LogP contribution in [0.3, 0.4) is 0 Å². The average molecular weight is 679 g/mol. The number of carbonyl (C=O) groups is 2. The highest BCUT2D eigenvalue weighted by molar-refractivity contribution is 5.87. The van der Waals surface area contributed by atoms with Crippen molar-refractivity contribution >= 4 is 11.9 Å². The summed E-state index contributed by atoms with van der Waals surface area (Å²) >= 11 is 0. The summed E-state index contributed by atoms with van der Waals surface area (Å²) in [6.07, 6.45) is 5.79. The molecule has 0 radical (unpaired) electrons. The van der Waals surface area contributed by atoms with E-state index in [-0.39, 0.29) is 42.0 Å². The molecule has 2 aliphatic heterocycles. The van der Waals surface area contributed by atoms with Gasteiger partial charge in [-0.05, 0) is 38.2 Å². The van der Waals surface area contributed by atoms with Crippen LogP contribution in [0.1, 0.15) is 82.1 Å². The Labute approximate surface area is 288 Å². The van der Waals surface area contributed by atoms with Gasteiger partial charge in [0.1, 0.15) is 18.3 Å². The van der Waals surface area contributed by atoms with Gasteiger partial charge < -0.3 is 38.6 Å². The number of aliphatic hydroxyl groups is 2. The number of esters is 2. The second-order valence-electron chi connectivity index (χ2n) is 14.3. The first-order valence-corrected chi connectivity index (χ1v) is 17.2. The fourth-order valence-corrected chi connectivity index (χ4v) is 7.18. The average Bonchev–Trinajstić information content (AvgIpc) is 3.03. The first-order chi connectivity index (χ1) is 22.4. The van der Waals surface area contributed by atoms with Crippen LogP contribution in [-0.2, 0) is 38.0 Å². The molecule has 2 heterocycles. The van der Waals surface area contributed by atoms with Crippen molar-refractivity contribution in [2.75, 3.05) is 21.3 Å². The summed E-state index contributed by atoms with van der Waals surface area (Å²) in [5, 5.41) is 23.0. The number of ether oxygens (including phenoxy) is 6. The first kappa shape index (κ1) is 41.7. The Morgan fingerprint density at radius 2 is 1.71 bits per heavy atom. The van der Waals surface area contributed by atoms with Gasteiger partial charge >= 0.3 is 11.9 Å². The second kappa shape index (κ2) is 18.5. The number of carbonyl (C=O) groups excluding carboxylic acids is 2. The maximum absolute atomic E-state index is 13.7. The predicted molar refractivity (Wildman–Crippen MR) is 184 cm³/mol. The third-order valence-electron chi connectivity index (χ3n) is 10.1. The van der Waals surface area contributed by atoms with Crippen molar-refractivity contribution in [3.63, 3.8) is 0 Å². The zero-order valence-electron chi connectivity index (χ0n) is 31.4. The molecule has 0 saturated carbocycles. The Hall–Kier alpha value is -2.50. The topological polar surface area (TPSA) is 130 Å². The van der Waals surface area contributed by atoms with Crippen molar-refractivity contribution in [1.82, 2.24) is 0 Å². The van der Waals surface area contributed by atoms with Gasteiger partial charge in [0, 0.05) is 51.2 Å². The van der Waals surface area contributed by atoms with Gasteiger partial charge in [-0.3, -0.25) is 4.79 Å². The van der Waals surface area contributed by atoms with Crippen molar-refractivity contribution in [1.29, 1.82) is 0 Å². The zero-order valence-corrected chi connectivity index (χ0v) is 31.4. The molecule has 0 aromatic heterocycles. The predicted octanol–water partition coefficient (Wildman–Crippen LogP) is 5.92. The van der Waals surface area contributed by atoms with E-state index in [0.717, 1.165) is 11.1 Å². The summed E-state index contributed by atoms with van der Waals surface area (Å²) < 4.78 is 35.9. The van der Waals surface area contributed by atoms with E-state index in [4.69, 9.17) is 28.4 Å². The number of aliphatic hydroxyl groups excluding tert-OH is 2. The summed E-state index contributed by atoms with van der Waals surface area (Å²) in [5.41, 5.74) is 1.80. The van der Waals surface area contributed by atoms with Gasteiger partial charge in [0.05, 0.1) is 25.4 Å². The van der Waals surface area contributed by atoms with Crippen LogP contribution >= 0.6 is 0 Å². The van der Waals surface area contributed by atoms with Gasteiger partial charge in [0.25, 0.3) is 0 Å². The molecule has 2 rings (SSSR count). The van der Waals surface area contributed by atoms with Crippen LogP contribution < -0.4 is 0 Å². The molecule has 48 heavy (non-hydrogen) atoms. The highest BCUT2D eigenvalue weighted by Gasteiger charge is 2.54. The van der Waals surface area contributed by atoms with Crippen molar-refractivity contribution in [3.8, 4) is 0 Å². The van der Waals surface area contributed by atoms with Crippen molar-refractivity contribution in [3.05, 3.63) is 47.3 Å². The molecule has 0 amide bonds. The summed E-state index contributed by atoms with van der Waals surface area (Å²) in [6.45, 7) is 18.9. The Balaban J connectivity index is 2.59. The highest BCUT2D eigenvalue weighted by atomic mass is 16.7. The van der Waals surface area contributed by atoms with Crippen molar-refractivity contribution in [2.24, 2.45) is 35.5 Å². The molecule has 274 valence electrons. The molecule has 1 saturated heterocycles. The Morgan fingerprint density at radius 3 is 2.25 bits per heavy atom. The fourth-order valence-electron chi connectivity index (χ4n) is 7.18. The molecular formula is C38H62O10. The van der Waals surface area contributed by atoms with Gasteiger partial charge in [-0.25, -0.2) is 4.79 Å². The lowest BCUT2D eigenvalue weighted by molar-refractivity contribution is -0.339. The molecule has 0 unspecified atom stereocenters. The number of cyclic esters (lactones) is 1. The lowest BCUT2D eigenvalue weighted by atomic mass is 9.76. The molecule has 0 bridgehead atoms. The van der Waals surface area contributed by atoms with E-state index in [1.807, 2.05) is 73.6 Å². The summed E-state index contributed by atoms with van der Waals surface area (Å²) in [7, 11) is 4.44. The number of hydrogen-bond donors (Lipinski definition) is 2. The Morgan fingerprint density at radius 1 is 1.06 bits per heavy atom. The summed E-state index contributed by atoms with van der Waals surface area (Å²) in [4.78, 5) is 25.7. The molecule has 0 aromatic carbocycles. The Bertz CT molecular complexity index is 1190. The zero-order chi connectivity index (χ0) is 36.5.